The van der Waals surface area contributed by atoms with Gasteiger partial charge in [0.25, 0.3) is 0 Å². The van der Waals surface area contributed by atoms with Gasteiger partial charge in [-0.2, -0.15) is 5.26 Å². The van der Waals surface area contributed by atoms with Gasteiger partial charge in [-0.15, -0.1) is 0 Å². The van der Waals surface area contributed by atoms with Crippen LogP contribution in [0.4, 0.5) is 8.78 Å². The smallest absolute Gasteiger partial charge is 0.159 e. The average molecular weight is 405 g/mol. The fourth-order valence-corrected chi connectivity index (χ4v) is 3.60. The van der Waals surface area contributed by atoms with E-state index < -0.39 is 11.6 Å². The maximum absolute atomic E-state index is 13.8. The number of pyridine rings is 1. The highest BCUT2D eigenvalue weighted by atomic mass is 19.2. The lowest BCUT2D eigenvalue weighted by atomic mass is 9.98. The van der Waals surface area contributed by atoms with E-state index in [-0.39, 0.29) is 0 Å². The number of aromatic nitrogens is 1. The van der Waals surface area contributed by atoms with Crippen molar-refractivity contribution < 1.29 is 13.5 Å². The lowest BCUT2D eigenvalue weighted by Gasteiger charge is -2.22. The van der Waals surface area contributed by atoms with Crippen molar-refractivity contribution in [3.63, 3.8) is 0 Å². The monoisotopic (exact) mass is 405 g/mol. The van der Waals surface area contributed by atoms with Crippen LogP contribution in [0.25, 0.3) is 22.4 Å². The highest BCUT2D eigenvalue weighted by molar-refractivity contribution is 5.81. The van der Waals surface area contributed by atoms with E-state index in [1.807, 2.05) is 18.2 Å². The largest absolute Gasteiger partial charge is 0.492 e. The molecule has 152 valence electrons. The van der Waals surface area contributed by atoms with E-state index in [1.165, 1.54) is 6.07 Å². The first kappa shape index (κ1) is 20.0. The predicted molar refractivity (Wildman–Crippen MR) is 111 cm³/mol. The van der Waals surface area contributed by atoms with Crippen molar-refractivity contribution >= 4 is 0 Å². The first-order chi connectivity index (χ1) is 14.6. The van der Waals surface area contributed by atoms with Crippen LogP contribution in [0.3, 0.4) is 0 Å². The Morgan fingerprint density at radius 2 is 1.73 bits per heavy atom. The number of benzene rings is 2. The van der Waals surface area contributed by atoms with Crippen LogP contribution in [0.15, 0.2) is 54.7 Å². The van der Waals surface area contributed by atoms with Crippen LogP contribution in [0.1, 0.15) is 18.4 Å². The van der Waals surface area contributed by atoms with Gasteiger partial charge >= 0.3 is 0 Å². The van der Waals surface area contributed by atoms with Crippen LogP contribution in [0.5, 0.6) is 5.75 Å². The third-order valence-corrected chi connectivity index (χ3v) is 5.33. The standard InChI is InChI=1S/C24H21F2N3O/c25-22-6-5-19(11-23(22)26)24-21(18-3-1-16(13-27)2-4-18)12-20(14-29-24)30-15-17-7-9-28-10-8-17/h1-6,11-12,14,17,28H,7-10,15H2. The Bertz CT molecular complexity index is 1070. The summed E-state index contributed by atoms with van der Waals surface area (Å²) in [6.45, 7) is 2.61. The molecule has 1 aliphatic rings. The van der Waals surface area contributed by atoms with Gasteiger partial charge in [0.2, 0.25) is 0 Å². The molecule has 4 rings (SSSR count). The highest BCUT2D eigenvalue weighted by Crippen LogP contribution is 2.34. The lowest BCUT2D eigenvalue weighted by Crippen LogP contribution is -2.30. The number of nitriles is 1. The highest BCUT2D eigenvalue weighted by Gasteiger charge is 2.16. The van der Waals surface area contributed by atoms with Gasteiger partial charge in [-0.05, 0) is 73.8 Å². The van der Waals surface area contributed by atoms with Crippen molar-refractivity contribution in [3.8, 4) is 34.2 Å². The quantitative estimate of drug-likeness (QED) is 0.653. The maximum atomic E-state index is 13.8. The van der Waals surface area contributed by atoms with E-state index in [0.29, 0.717) is 35.1 Å². The van der Waals surface area contributed by atoms with E-state index in [4.69, 9.17) is 10.00 Å². The van der Waals surface area contributed by atoms with E-state index in [2.05, 4.69) is 16.4 Å². The second-order valence-corrected chi connectivity index (χ2v) is 7.39. The molecule has 0 bridgehead atoms. The lowest BCUT2D eigenvalue weighted by molar-refractivity contribution is 0.215. The van der Waals surface area contributed by atoms with Crippen LogP contribution in [-0.2, 0) is 0 Å². The average Bonchev–Trinajstić information content (AvgIpc) is 2.80. The molecule has 30 heavy (non-hydrogen) atoms. The summed E-state index contributed by atoms with van der Waals surface area (Å²) in [6, 6.07) is 14.8. The summed E-state index contributed by atoms with van der Waals surface area (Å²) in [7, 11) is 0. The number of hydrogen-bond acceptors (Lipinski definition) is 4. The molecule has 1 N–H and O–H groups in total. The summed E-state index contributed by atoms with van der Waals surface area (Å²) in [5.41, 5.74) is 3.08. The Kier molecular flexibility index (Phi) is 6.01. The van der Waals surface area contributed by atoms with Gasteiger partial charge in [0, 0.05) is 11.1 Å². The summed E-state index contributed by atoms with van der Waals surface area (Å²) in [4.78, 5) is 4.51. The molecule has 2 heterocycles. The van der Waals surface area contributed by atoms with Crippen LogP contribution in [0, 0.1) is 28.9 Å². The molecule has 4 nitrogen and oxygen atoms in total. The maximum Gasteiger partial charge on any atom is 0.159 e. The van der Waals surface area contributed by atoms with Crippen LogP contribution in [0.2, 0.25) is 0 Å². The van der Waals surface area contributed by atoms with E-state index >= 15 is 0 Å². The summed E-state index contributed by atoms with van der Waals surface area (Å²) >= 11 is 0. The molecule has 1 aromatic heterocycles. The Hall–Kier alpha value is -3.30. The molecule has 6 heteroatoms. The summed E-state index contributed by atoms with van der Waals surface area (Å²) in [5.74, 6) is -0.707. The van der Waals surface area contributed by atoms with Crippen LogP contribution >= 0.6 is 0 Å². The number of nitrogens with one attached hydrogen (secondary N) is 1. The van der Waals surface area contributed by atoms with Gasteiger partial charge in [-0.3, -0.25) is 4.98 Å². The van der Waals surface area contributed by atoms with E-state index in [9.17, 15) is 8.78 Å². The molecular formula is C24H21F2N3O. The summed E-state index contributed by atoms with van der Waals surface area (Å²) in [6.07, 6.45) is 3.76. The molecular weight excluding hydrogens is 384 g/mol. The third kappa shape index (κ3) is 4.47. The molecule has 0 atom stereocenters. The Morgan fingerprint density at radius 1 is 1.00 bits per heavy atom. The molecule has 1 saturated heterocycles. The Balaban J connectivity index is 1.69. The number of halogens is 2. The van der Waals surface area contributed by atoms with Gasteiger partial charge < -0.3 is 10.1 Å². The summed E-state index contributed by atoms with van der Waals surface area (Å²) < 4.78 is 33.3. The third-order valence-electron chi connectivity index (χ3n) is 5.33. The van der Waals surface area contributed by atoms with Gasteiger partial charge in [0.15, 0.2) is 11.6 Å². The molecule has 0 saturated carbocycles. The normalized spacial score (nSPS) is 14.3. The fourth-order valence-electron chi connectivity index (χ4n) is 3.60. The first-order valence-electron chi connectivity index (χ1n) is 9.93. The van der Waals surface area contributed by atoms with Gasteiger partial charge in [0.1, 0.15) is 5.75 Å². The number of nitrogens with zero attached hydrogens (tertiary/aromatic N) is 2. The van der Waals surface area contributed by atoms with Crippen molar-refractivity contribution in [1.29, 1.82) is 5.26 Å². The van der Waals surface area contributed by atoms with Crippen molar-refractivity contribution in [2.75, 3.05) is 19.7 Å². The first-order valence-corrected chi connectivity index (χ1v) is 9.93. The molecule has 2 aromatic carbocycles. The number of ether oxygens (including phenoxy) is 1. The minimum atomic E-state index is -0.925. The molecule has 0 amide bonds. The van der Waals surface area contributed by atoms with Crippen molar-refractivity contribution in [2.45, 2.75) is 12.8 Å². The van der Waals surface area contributed by atoms with Gasteiger partial charge in [0.05, 0.1) is 30.1 Å². The minimum Gasteiger partial charge on any atom is -0.492 e. The molecule has 0 spiro atoms. The molecule has 0 aliphatic carbocycles. The SMILES string of the molecule is N#Cc1ccc(-c2cc(OCC3CCNCC3)cnc2-c2ccc(F)c(F)c2)cc1. The van der Waals surface area contributed by atoms with Crippen LogP contribution in [-0.4, -0.2) is 24.7 Å². The minimum absolute atomic E-state index is 0.471. The summed E-state index contributed by atoms with van der Waals surface area (Å²) in [5, 5.41) is 12.4. The van der Waals surface area contributed by atoms with Crippen molar-refractivity contribution in [1.82, 2.24) is 10.3 Å². The number of piperidine rings is 1. The number of hydrogen-bond donors (Lipinski definition) is 1. The Labute approximate surface area is 174 Å². The van der Waals surface area contributed by atoms with Gasteiger partial charge in [-0.1, -0.05) is 12.1 Å². The molecule has 0 unspecified atom stereocenters. The zero-order chi connectivity index (χ0) is 20.9. The van der Waals surface area contributed by atoms with Gasteiger partial charge in [-0.25, -0.2) is 8.78 Å². The molecule has 1 aliphatic heterocycles. The van der Waals surface area contributed by atoms with Crippen LogP contribution < -0.4 is 10.1 Å². The van der Waals surface area contributed by atoms with E-state index in [0.717, 1.165) is 49.2 Å². The zero-order valence-electron chi connectivity index (χ0n) is 16.4. The fraction of sp³-hybridized carbons (Fsp3) is 0.250. The predicted octanol–water partition coefficient (Wildman–Crippen LogP) is 4.94. The second-order valence-electron chi connectivity index (χ2n) is 7.39. The molecule has 3 aromatic rings. The second kappa shape index (κ2) is 9.02. The zero-order valence-corrected chi connectivity index (χ0v) is 16.4. The molecule has 1 fully saturated rings. The van der Waals surface area contributed by atoms with Crippen molar-refractivity contribution in [3.05, 3.63) is 71.9 Å². The Morgan fingerprint density at radius 3 is 2.43 bits per heavy atom. The number of rotatable bonds is 5. The van der Waals surface area contributed by atoms with E-state index in [1.54, 1.807) is 18.3 Å². The topological polar surface area (TPSA) is 57.9 Å². The molecule has 0 radical (unpaired) electrons. The van der Waals surface area contributed by atoms with Crippen molar-refractivity contribution in [2.24, 2.45) is 5.92 Å².